The number of methoxy groups -OCH3 is 1. The number of hydrogen-bond donors (Lipinski definition) is 1. The molecule has 20 heavy (non-hydrogen) atoms. The van der Waals surface area contributed by atoms with Crippen LogP contribution in [0.25, 0.3) is 0 Å². The monoisotopic (exact) mass is 286 g/mol. The maximum absolute atomic E-state index is 13.4. The van der Waals surface area contributed by atoms with E-state index in [9.17, 15) is 9.50 Å². The van der Waals surface area contributed by atoms with E-state index in [0.717, 1.165) is 12.8 Å². The normalized spacial score (nSPS) is 12.4. The Hall–Kier alpha value is -1.17. The number of benzene rings is 1. The predicted octanol–water partition coefficient (Wildman–Crippen LogP) is 2.70. The van der Waals surface area contributed by atoms with Gasteiger partial charge >= 0.3 is 0 Å². The van der Waals surface area contributed by atoms with Crippen molar-refractivity contribution in [3.05, 3.63) is 29.6 Å². The fourth-order valence-electron chi connectivity index (χ4n) is 1.74. The molecule has 0 aromatic heterocycles. The first-order chi connectivity index (χ1) is 9.72. The Kier molecular flexibility index (Phi) is 8.18. The molecule has 0 fully saturated rings. The van der Waals surface area contributed by atoms with Crippen LogP contribution >= 0.6 is 0 Å². The van der Waals surface area contributed by atoms with Gasteiger partial charge in [0.1, 0.15) is 17.7 Å². The minimum absolute atomic E-state index is 0.239. The van der Waals surface area contributed by atoms with E-state index in [4.69, 9.17) is 14.2 Å². The first-order valence-electron chi connectivity index (χ1n) is 6.86. The summed E-state index contributed by atoms with van der Waals surface area (Å²) in [4.78, 5) is 0. The van der Waals surface area contributed by atoms with Crippen LogP contribution < -0.4 is 4.74 Å². The Balaban J connectivity index is 2.79. The Morgan fingerprint density at radius 3 is 2.70 bits per heavy atom. The summed E-state index contributed by atoms with van der Waals surface area (Å²) < 4.78 is 29.4. The third-order valence-electron chi connectivity index (χ3n) is 2.85. The van der Waals surface area contributed by atoms with Gasteiger partial charge in [0.15, 0.2) is 0 Å². The molecule has 0 spiro atoms. The fraction of sp³-hybridized carbons (Fsp3) is 0.600. The molecule has 0 saturated carbocycles. The Bertz CT molecular complexity index is 384. The molecule has 0 amide bonds. The van der Waals surface area contributed by atoms with Gasteiger partial charge in [0, 0.05) is 12.7 Å². The lowest BCUT2D eigenvalue weighted by Gasteiger charge is -2.19. The Labute approximate surface area is 119 Å². The SMILES string of the molecule is CCCCOc1ccc(F)cc1[C@H](CO)OCCOC. The van der Waals surface area contributed by atoms with E-state index in [1.165, 1.54) is 12.1 Å². The van der Waals surface area contributed by atoms with Gasteiger partial charge in [-0.25, -0.2) is 4.39 Å². The van der Waals surface area contributed by atoms with E-state index >= 15 is 0 Å². The van der Waals surface area contributed by atoms with Crippen LogP contribution in [0.15, 0.2) is 18.2 Å². The molecule has 1 N–H and O–H groups in total. The summed E-state index contributed by atoms with van der Waals surface area (Å²) in [5.74, 6) is 0.174. The number of ether oxygens (including phenoxy) is 3. The van der Waals surface area contributed by atoms with Gasteiger partial charge in [-0.05, 0) is 24.6 Å². The molecule has 5 heteroatoms. The molecular weight excluding hydrogens is 263 g/mol. The van der Waals surface area contributed by atoms with E-state index in [1.807, 2.05) is 0 Å². The molecule has 0 heterocycles. The van der Waals surface area contributed by atoms with Crippen LogP contribution in [0.2, 0.25) is 0 Å². The molecule has 0 radical (unpaired) electrons. The number of halogens is 1. The topological polar surface area (TPSA) is 47.9 Å². The summed E-state index contributed by atoms with van der Waals surface area (Å²) in [5, 5.41) is 9.42. The fourth-order valence-corrected chi connectivity index (χ4v) is 1.74. The molecule has 1 aromatic rings. The van der Waals surface area contributed by atoms with Gasteiger partial charge < -0.3 is 19.3 Å². The molecule has 4 nitrogen and oxygen atoms in total. The number of hydrogen-bond acceptors (Lipinski definition) is 4. The molecule has 0 aliphatic heterocycles. The van der Waals surface area contributed by atoms with Crippen LogP contribution in [0.5, 0.6) is 5.75 Å². The zero-order valence-corrected chi connectivity index (χ0v) is 12.1. The molecule has 0 aliphatic rings. The van der Waals surface area contributed by atoms with E-state index in [2.05, 4.69) is 6.92 Å². The maximum Gasteiger partial charge on any atom is 0.125 e. The lowest BCUT2D eigenvalue weighted by Crippen LogP contribution is -2.14. The van der Waals surface area contributed by atoms with Gasteiger partial charge in [-0.2, -0.15) is 0 Å². The third kappa shape index (κ3) is 5.45. The highest BCUT2D eigenvalue weighted by atomic mass is 19.1. The summed E-state index contributed by atoms with van der Waals surface area (Å²) >= 11 is 0. The summed E-state index contributed by atoms with van der Waals surface area (Å²) in [5.41, 5.74) is 0.528. The van der Waals surface area contributed by atoms with Crippen molar-refractivity contribution in [3.63, 3.8) is 0 Å². The minimum Gasteiger partial charge on any atom is -0.493 e. The smallest absolute Gasteiger partial charge is 0.125 e. The van der Waals surface area contributed by atoms with Crippen molar-refractivity contribution in [1.82, 2.24) is 0 Å². The second kappa shape index (κ2) is 9.69. The highest BCUT2D eigenvalue weighted by molar-refractivity contribution is 5.36. The second-order valence-electron chi connectivity index (χ2n) is 4.42. The lowest BCUT2D eigenvalue weighted by atomic mass is 10.1. The maximum atomic E-state index is 13.4. The molecule has 1 atom stereocenters. The molecule has 0 aliphatic carbocycles. The van der Waals surface area contributed by atoms with Crippen molar-refractivity contribution >= 4 is 0 Å². The van der Waals surface area contributed by atoms with Crippen molar-refractivity contribution < 1.29 is 23.7 Å². The summed E-state index contributed by atoms with van der Waals surface area (Å²) in [6.45, 7) is 3.13. The summed E-state index contributed by atoms with van der Waals surface area (Å²) in [6, 6.07) is 4.26. The van der Waals surface area contributed by atoms with Crippen LogP contribution in [-0.4, -0.2) is 38.6 Å². The van der Waals surface area contributed by atoms with Crippen molar-refractivity contribution in [2.45, 2.75) is 25.9 Å². The quantitative estimate of drug-likeness (QED) is 0.672. The minimum atomic E-state index is -0.613. The van der Waals surface area contributed by atoms with Crippen LogP contribution in [0.4, 0.5) is 4.39 Å². The zero-order chi connectivity index (χ0) is 14.8. The van der Waals surface area contributed by atoms with E-state index in [0.29, 0.717) is 31.1 Å². The highest BCUT2D eigenvalue weighted by Crippen LogP contribution is 2.28. The standard InChI is InChI=1S/C15H23FO4/c1-3-4-7-19-14-6-5-12(16)10-13(14)15(11-17)20-9-8-18-2/h5-6,10,15,17H,3-4,7-9,11H2,1-2H3/t15-/m0/s1. The van der Waals surface area contributed by atoms with Crippen molar-refractivity contribution in [2.24, 2.45) is 0 Å². The van der Waals surface area contributed by atoms with E-state index < -0.39 is 6.10 Å². The van der Waals surface area contributed by atoms with Gasteiger partial charge in [-0.15, -0.1) is 0 Å². The zero-order valence-electron chi connectivity index (χ0n) is 12.1. The summed E-state index contributed by atoms with van der Waals surface area (Å²) in [6.07, 6.45) is 1.33. The molecule has 114 valence electrons. The van der Waals surface area contributed by atoms with E-state index in [1.54, 1.807) is 13.2 Å². The van der Waals surface area contributed by atoms with Gasteiger partial charge in [0.25, 0.3) is 0 Å². The summed E-state index contributed by atoms with van der Waals surface area (Å²) in [7, 11) is 1.57. The largest absolute Gasteiger partial charge is 0.493 e. The van der Waals surface area contributed by atoms with Crippen LogP contribution in [0, 0.1) is 5.82 Å². The first-order valence-corrected chi connectivity index (χ1v) is 6.86. The number of rotatable bonds is 10. The Morgan fingerprint density at radius 1 is 1.25 bits per heavy atom. The van der Waals surface area contributed by atoms with Crippen molar-refractivity contribution in [1.29, 1.82) is 0 Å². The number of aliphatic hydroxyl groups excluding tert-OH is 1. The van der Waals surface area contributed by atoms with Crippen LogP contribution in [0.1, 0.15) is 31.4 Å². The van der Waals surface area contributed by atoms with Crippen molar-refractivity contribution in [3.8, 4) is 5.75 Å². The average Bonchev–Trinajstić information content (AvgIpc) is 2.45. The average molecular weight is 286 g/mol. The molecule has 1 aromatic carbocycles. The molecule has 0 bridgehead atoms. The lowest BCUT2D eigenvalue weighted by molar-refractivity contribution is -0.0136. The van der Waals surface area contributed by atoms with Crippen LogP contribution in [0.3, 0.4) is 0 Å². The van der Waals surface area contributed by atoms with Gasteiger partial charge in [-0.1, -0.05) is 13.3 Å². The molecule has 0 unspecified atom stereocenters. The second-order valence-corrected chi connectivity index (χ2v) is 4.42. The van der Waals surface area contributed by atoms with Crippen LogP contribution in [-0.2, 0) is 9.47 Å². The van der Waals surface area contributed by atoms with Crippen molar-refractivity contribution in [2.75, 3.05) is 33.5 Å². The third-order valence-corrected chi connectivity index (χ3v) is 2.85. The molecule has 1 rings (SSSR count). The number of unbranched alkanes of at least 4 members (excludes halogenated alkanes) is 1. The van der Waals surface area contributed by atoms with Gasteiger partial charge in [-0.3, -0.25) is 0 Å². The first kappa shape index (κ1) is 16.9. The van der Waals surface area contributed by atoms with E-state index in [-0.39, 0.29) is 12.4 Å². The molecule has 0 saturated heterocycles. The highest BCUT2D eigenvalue weighted by Gasteiger charge is 2.17. The Morgan fingerprint density at radius 2 is 2.05 bits per heavy atom. The molecular formula is C15H23FO4. The predicted molar refractivity (Wildman–Crippen MR) is 74.5 cm³/mol. The van der Waals surface area contributed by atoms with Gasteiger partial charge in [0.05, 0.1) is 26.4 Å². The van der Waals surface area contributed by atoms with Gasteiger partial charge in [0.2, 0.25) is 0 Å². The number of aliphatic hydroxyl groups is 1.